The molecule has 17 heavy (non-hydrogen) atoms. The topological polar surface area (TPSA) is 39.1 Å². The van der Waals surface area contributed by atoms with Crippen LogP contribution in [-0.2, 0) is 11.3 Å². The van der Waals surface area contributed by atoms with Gasteiger partial charge in [-0.3, -0.25) is 4.68 Å². The lowest BCUT2D eigenvalue weighted by Crippen LogP contribution is -2.42. The predicted molar refractivity (Wildman–Crippen MR) is 70.0 cm³/mol. The van der Waals surface area contributed by atoms with Gasteiger partial charge in [0, 0.05) is 25.4 Å². The van der Waals surface area contributed by atoms with Crippen molar-refractivity contribution in [2.24, 2.45) is 0 Å². The van der Waals surface area contributed by atoms with Crippen molar-refractivity contribution in [2.75, 3.05) is 13.7 Å². The fourth-order valence-electron chi connectivity index (χ4n) is 2.06. The maximum absolute atomic E-state index is 5.70. The second-order valence-corrected chi connectivity index (χ2v) is 4.49. The summed E-state index contributed by atoms with van der Waals surface area (Å²) in [6.45, 7) is 10.3. The molecule has 0 aliphatic heterocycles. The SMILES string of the molecule is CCNC(c1cnn(CC)c1)C(C)(CC)OC. The highest BCUT2D eigenvalue weighted by molar-refractivity contribution is 5.15. The molecule has 4 heteroatoms. The summed E-state index contributed by atoms with van der Waals surface area (Å²) in [7, 11) is 1.78. The minimum atomic E-state index is -0.197. The van der Waals surface area contributed by atoms with E-state index in [4.69, 9.17) is 4.74 Å². The van der Waals surface area contributed by atoms with Gasteiger partial charge in [-0.2, -0.15) is 5.10 Å². The first-order valence-electron chi connectivity index (χ1n) is 6.42. The summed E-state index contributed by atoms with van der Waals surface area (Å²) in [5.74, 6) is 0. The minimum Gasteiger partial charge on any atom is -0.377 e. The summed E-state index contributed by atoms with van der Waals surface area (Å²) in [5.41, 5.74) is 0.998. The average Bonchev–Trinajstić information content (AvgIpc) is 2.83. The third-order valence-corrected chi connectivity index (χ3v) is 3.50. The molecule has 0 saturated carbocycles. The van der Waals surface area contributed by atoms with E-state index in [-0.39, 0.29) is 11.6 Å². The largest absolute Gasteiger partial charge is 0.377 e. The molecule has 0 radical (unpaired) electrons. The molecule has 4 nitrogen and oxygen atoms in total. The molecule has 0 bridgehead atoms. The molecule has 0 spiro atoms. The van der Waals surface area contributed by atoms with Crippen molar-refractivity contribution >= 4 is 0 Å². The van der Waals surface area contributed by atoms with Crippen LogP contribution in [0.2, 0.25) is 0 Å². The molecular formula is C13H25N3O. The molecule has 1 heterocycles. The van der Waals surface area contributed by atoms with Gasteiger partial charge in [0.2, 0.25) is 0 Å². The molecule has 2 atom stereocenters. The Morgan fingerprint density at radius 2 is 2.18 bits per heavy atom. The Balaban J connectivity index is 2.99. The van der Waals surface area contributed by atoms with Crippen molar-refractivity contribution in [3.63, 3.8) is 0 Å². The summed E-state index contributed by atoms with van der Waals surface area (Å²) in [4.78, 5) is 0. The van der Waals surface area contributed by atoms with Gasteiger partial charge in [-0.15, -0.1) is 0 Å². The lowest BCUT2D eigenvalue weighted by atomic mass is 9.89. The van der Waals surface area contributed by atoms with Gasteiger partial charge in [0.05, 0.1) is 17.8 Å². The first-order valence-corrected chi connectivity index (χ1v) is 6.42. The second-order valence-electron chi connectivity index (χ2n) is 4.49. The third kappa shape index (κ3) is 3.07. The van der Waals surface area contributed by atoms with E-state index in [9.17, 15) is 0 Å². The van der Waals surface area contributed by atoms with Crippen LogP contribution >= 0.6 is 0 Å². The van der Waals surface area contributed by atoms with Gasteiger partial charge in [0.1, 0.15) is 0 Å². The number of methoxy groups -OCH3 is 1. The van der Waals surface area contributed by atoms with Crippen LogP contribution in [0.5, 0.6) is 0 Å². The van der Waals surface area contributed by atoms with Crippen molar-refractivity contribution in [3.8, 4) is 0 Å². The molecule has 1 aromatic heterocycles. The number of hydrogen-bond acceptors (Lipinski definition) is 3. The minimum absolute atomic E-state index is 0.183. The predicted octanol–water partition coefficient (Wildman–Crippen LogP) is 2.37. The van der Waals surface area contributed by atoms with Crippen LogP contribution in [0.1, 0.15) is 45.7 Å². The van der Waals surface area contributed by atoms with Crippen molar-refractivity contribution < 1.29 is 4.74 Å². The first kappa shape index (κ1) is 14.2. The Labute approximate surface area is 104 Å². The number of nitrogens with one attached hydrogen (secondary N) is 1. The lowest BCUT2D eigenvalue weighted by molar-refractivity contribution is -0.0296. The summed E-state index contributed by atoms with van der Waals surface area (Å²) < 4.78 is 7.65. The number of ether oxygens (including phenoxy) is 1. The highest BCUT2D eigenvalue weighted by Gasteiger charge is 2.33. The molecule has 1 rings (SSSR count). The summed E-state index contributed by atoms with van der Waals surface area (Å²) in [6.07, 6.45) is 4.99. The Kier molecular flexibility index (Phi) is 5.15. The Bertz CT molecular complexity index is 331. The van der Waals surface area contributed by atoms with E-state index in [1.807, 2.05) is 10.9 Å². The van der Waals surface area contributed by atoms with E-state index in [2.05, 4.69) is 44.3 Å². The van der Waals surface area contributed by atoms with Crippen LogP contribution in [0.15, 0.2) is 12.4 Å². The van der Waals surface area contributed by atoms with E-state index in [0.717, 1.165) is 19.5 Å². The number of aromatic nitrogens is 2. The van der Waals surface area contributed by atoms with Crippen LogP contribution in [-0.4, -0.2) is 29.0 Å². The van der Waals surface area contributed by atoms with Gasteiger partial charge in [-0.1, -0.05) is 13.8 Å². The van der Waals surface area contributed by atoms with Crippen LogP contribution in [0.25, 0.3) is 0 Å². The molecule has 0 amide bonds. The van der Waals surface area contributed by atoms with E-state index in [0.29, 0.717) is 0 Å². The molecular weight excluding hydrogens is 214 g/mol. The van der Waals surface area contributed by atoms with E-state index in [1.54, 1.807) is 7.11 Å². The quantitative estimate of drug-likeness (QED) is 0.794. The summed E-state index contributed by atoms with van der Waals surface area (Å²) in [5, 5.41) is 7.84. The van der Waals surface area contributed by atoms with Crippen molar-refractivity contribution in [1.29, 1.82) is 0 Å². The Hall–Kier alpha value is -0.870. The standard InChI is InChI=1S/C13H25N3O/c1-6-13(4,17-5)12(14-7-2)11-9-15-16(8-3)10-11/h9-10,12,14H,6-8H2,1-5H3. The summed E-state index contributed by atoms with van der Waals surface area (Å²) in [6, 6.07) is 0.183. The zero-order valence-corrected chi connectivity index (χ0v) is 11.7. The Morgan fingerprint density at radius 1 is 1.47 bits per heavy atom. The third-order valence-electron chi connectivity index (χ3n) is 3.50. The maximum atomic E-state index is 5.70. The molecule has 98 valence electrons. The smallest absolute Gasteiger partial charge is 0.0843 e. The molecule has 1 N–H and O–H groups in total. The highest BCUT2D eigenvalue weighted by Crippen LogP contribution is 2.31. The lowest BCUT2D eigenvalue weighted by Gasteiger charge is -2.35. The average molecular weight is 239 g/mol. The molecule has 2 unspecified atom stereocenters. The summed E-state index contributed by atoms with van der Waals surface area (Å²) >= 11 is 0. The molecule has 0 aromatic carbocycles. The molecule has 0 aliphatic carbocycles. The van der Waals surface area contributed by atoms with Crippen LogP contribution < -0.4 is 5.32 Å². The van der Waals surface area contributed by atoms with Gasteiger partial charge in [0.15, 0.2) is 0 Å². The van der Waals surface area contributed by atoms with Gasteiger partial charge in [-0.25, -0.2) is 0 Å². The van der Waals surface area contributed by atoms with Crippen molar-refractivity contribution in [3.05, 3.63) is 18.0 Å². The normalized spacial score (nSPS) is 16.8. The number of rotatable bonds is 7. The number of nitrogens with zero attached hydrogens (tertiary/aromatic N) is 2. The number of hydrogen-bond donors (Lipinski definition) is 1. The second kappa shape index (κ2) is 6.17. The maximum Gasteiger partial charge on any atom is 0.0843 e. The monoisotopic (exact) mass is 239 g/mol. The van der Waals surface area contributed by atoms with E-state index >= 15 is 0 Å². The van der Waals surface area contributed by atoms with Gasteiger partial charge in [-0.05, 0) is 26.8 Å². The van der Waals surface area contributed by atoms with Crippen molar-refractivity contribution in [1.82, 2.24) is 15.1 Å². The number of aryl methyl sites for hydroxylation is 1. The van der Waals surface area contributed by atoms with Gasteiger partial charge in [0.25, 0.3) is 0 Å². The van der Waals surface area contributed by atoms with Gasteiger partial charge < -0.3 is 10.1 Å². The first-order chi connectivity index (χ1) is 8.11. The highest BCUT2D eigenvalue weighted by atomic mass is 16.5. The number of likely N-dealkylation sites (N-methyl/N-ethyl adjacent to an activating group) is 1. The van der Waals surface area contributed by atoms with Crippen LogP contribution in [0.3, 0.4) is 0 Å². The fraction of sp³-hybridized carbons (Fsp3) is 0.769. The zero-order chi connectivity index (χ0) is 12.9. The van der Waals surface area contributed by atoms with Crippen molar-refractivity contribution in [2.45, 2.75) is 52.3 Å². The molecule has 1 aromatic rings. The van der Waals surface area contributed by atoms with E-state index in [1.165, 1.54) is 5.56 Å². The van der Waals surface area contributed by atoms with E-state index < -0.39 is 0 Å². The molecule has 0 fully saturated rings. The molecule has 0 saturated heterocycles. The van der Waals surface area contributed by atoms with Crippen LogP contribution in [0.4, 0.5) is 0 Å². The zero-order valence-electron chi connectivity index (χ0n) is 11.7. The van der Waals surface area contributed by atoms with Crippen LogP contribution in [0, 0.1) is 0 Å². The Morgan fingerprint density at radius 3 is 2.59 bits per heavy atom. The molecule has 0 aliphatic rings. The fourth-order valence-corrected chi connectivity index (χ4v) is 2.06. The van der Waals surface area contributed by atoms with Gasteiger partial charge >= 0.3 is 0 Å².